The van der Waals surface area contributed by atoms with Gasteiger partial charge in [-0.25, -0.2) is 0 Å². The molecule has 0 saturated heterocycles. The highest BCUT2D eigenvalue weighted by Crippen LogP contribution is 2.25. The monoisotopic (exact) mass is 292 g/mol. The van der Waals surface area contributed by atoms with Gasteiger partial charge in [-0.15, -0.1) is 0 Å². The molecule has 3 nitrogen and oxygen atoms in total. The minimum absolute atomic E-state index is 0.409. The zero-order chi connectivity index (χ0) is 13.8. The summed E-state index contributed by atoms with van der Waals surface area (Å²) in [5, 5.41) is 0.912. The summed E-state index contributed by atoms with van der Waals surface area (Å²) in [6, 6.07) is 12.0. The lowest BCUT2D eigenvalue weighted by Crippen LogP contribution is -2.10. The molecule has 0 radical (unpaired) electrons. The summed E-state index contributed by atoms with van der Waals surface area (Å²) in [7, 11) is 0. The normalized spacial score (nSPS) is 10.8. The Labute approximate surface area is 120 Å². The first kappa shape index (κ1) is 13.6. The minimum atomic E-state index is -0.488. The molecule has 2 N–H and O–H groups in total. The SMILES string of the molecule is NC(=O)c1cccc(N=Cc2cccc(Cl)c2Cl)c1. The molecule has 0 unspecified atom stereocenters. The molecular weight excluding hydrogens is 283 g/mol. The molecule has 0 atom stereocenters. The Balaban J connectivity index is 2.30. The molecule has 96 valence electrons. The Kier molecular flexibility index (Phi) is 4.20. The quantitative estimate of drug-likeness (QED) is 0.859. The van der Waals surface area contributed by atoms with Crippen LogP contribution in [0.3, 0.4) is 0 Å². The number of amides is 1. The second-order valence-electron chi connectivity index (χ2n) is 3.82. The van der Waals surface area contributed by atoms with Crippen LogP contribution >= 0.6 is 23.2 Å². The Hall–Kier alpha value is -1.84. The van der Waals surface area contributed by atoms with E-state index in [9.17, 15) is 4.79 Å². The molecule has 0 fully saturated rings. The third kappa shape index (κ3) is 3.34. The van der Waals surface area contributed by atoms with E-state index in [1.165, 1.54) is 0 Å². The van der Waals surface area contributed by atoms with Gasteiger partial charge in [0.1, 0.15) is 0 Å². The van der Waals surface area contributed by atoms with Gasteiger partial charge in [0.2, 0.25) is 5.91 Å². The number of rotatable bonds is 3. The molecule has 0 heterocycles. The lowest BCUT2D eigenvalue weighted by atomic mass is 10.2. The summed E-state index contributed by atoms with van der Waals surface area (Å²) < 4.78 is 0. The van der Waals surface area contributed by atoms with E-state index < -0.39 is 5.91 Å². The number of carbonyl (C=O) groups is 1. The van der Waals surface area contributed by atoms with E-state index in [1.807, 2.05) is 0 Å². The summed E-state index contributed by atoms with van der Waals surface area (Å²) in [6.07, 6.45) is 1.59. The molecule has 0 bridgehead atoms. The number of hydrogen-bond acceptors (Lipinski definition) is 2. The standard InChI is InChI=1S/C14H10Cl2N2O/c15-12-6-2-4-10(13(12)16)8-18-11-5-1-3-9(7-11)14(17)19/h1-8H,(H2,17,19). The zero-order valence-electron chi connectivity index (χ0n) is 9.81. The molecule has 2 aromatic carbocycles. The Morgan fingerprint density at radius 1 is 1.16 bits per heavy atom. The Bertz CT molecular complexity index is 654. The Morgan fingerprint density at radius 2 is 1.89 bits per heavy atom. The van der Waals surface area contributed by atoms with E-state index in [1.54, 1.807) is 48.7 Å². The molecule has 0 aliphatic carbocycles. The molecule has 19 heavy (non-hydrogen) atoms. The van der Waals surface area contributed by atoms with Gasteiger partial charge in [-0.1, -0.05) is 41.4 Å². The molecular formula is C14H10Cl2N2O. The molecule has 2 rings (SSSR count). The number of nitrogens with zero attached hydrogens (tertiary/aromatic N) is 1. The van der Waals surface area contributed by atoms with E-state index in [-0.39, 0.29) is 0 Å². The fraction of sp³-hybridized carbons (Fsp3) is 0. The van der Waals surface area contributed by atoms with Crippen molar-refractivity contribution < 1.29 is 4.79 Å². The summed E-state index contributed by atoms with van der Waals surface area (Å²) in [6.45, 7) is 0. The minimum Gasteiger partial charge on any atom is -0.366 e. The van der Waals surface area contributed by atoms with E-state index >= 15 is 0 Å². The van der Waals surface area contributed by atoms with Gasteiger partial charge in [0, 0.05) is 17.3 Å². The molecule has 0 aliphatic rings. The number of nitrogens with two attached hydrogens (primary N) is 1. The van der Waals surface area contributed by atoms with Gasteiger partial charge in [-0.2, -0.15) is 0 Å². The fourth-order valence-corrected chi connectivity index (χ4v) is 1.86. The smallest absolute Gasteiger partial charge is 0.248 e. The summed E-state index contributed by atoms with van der Waals surface area (Å²) in [5.74, 6) is -0.488. The van der Waals surface area contributed by atoms with Gasteiger partial charge < -0.3 is 5.73 Å². The van der Waals surface area contributed by atoms with Crippen LogP contribution in [-0.2, 0) is 0 Å². The molecule has 5 heteroatoms. The van der Waals surface area contributed by atoms with Crippen molar-refractivity contribution in [3.63, 3.8) is 0 Å². The number of carbonyl (C=O) groups excluding carboxylic acids is 1. The number of hydrogen-bond donors (Lipinski definition) is 1. The lowest BCUT2D eigenvalue weighted by Gasteiger charge is -2.00. The third-order valence-electron chi connectivity index (χ3n) is 2.46. The van der Waals surface area contributed by atoms with Gasteiger partial charge in [0.25, 0.3) is 0 Å². The van der Waals surface area contributed by atoms with Crippen molar-refractivity contribution >= 4 is 41.0 Å². The first-order valence-electron chi connectivity index (χ1n) is 5.46. The summed E-state index contributed by atoms with van der Waals surface area (Å²) in [4.78, 5) is 15.3. The van der Waals surface area contributed by atoms with Crippen LogP contribution in [0.25, 0.3) is 0 Å². The van der Waals surface area contributed by atoms with Crippen molar-refractivity contribution in [1.29, 1.82) is 0 Å². The largest absolute Gasteiger partial charge is 0.366 e. The van der Waals surface area contributed by atoms with Crippen molar-refractivity contribution in [2.24, 2.45) is 10.7 Å². The maximum Gasteiger partial charge on any atom is 0.248 e. The predicted octanol–water partition coefficient (Wildman–Crippen LogP) is 3.84. The van der Waals surface area contributed by atoms with Gasteiger partial charge >= 0.3 is 0 Å². The topological polar surface area (TPSA) is 55.5 Å². The average Bonchev–Trinajstić information content (AvgIpc) is 2.41. The molecule has 0 aliphatic heterocycles. The van der Waals surface area contributed by atoms with Gasteiger partial charge in [-0.05, 0) is 24.3 Å². The molecule has 0 aromatic heterocycles. The Morgan fingerprint density at radius 3 is 2.63 bits per heavy atom. The summed E-state index contributed by atoms with van der Waals surface area (Å²) >= 11 is 12.0. The van der Waals surface area contributed by atoms with E-state index in [4.69, 9.17) is 28.9 Å². The highest BCUT2D eigenvalue weighted by molar-refractivity contribution is 6.43. The van der Waals surface area contributed by atoms with Crippen molar-refractivity contribution in [3.05, 3.63) is 63.6 Å². The van der Waals surface area contributed by atoms with Gasteiger partial charge in [-0.3, -0.25) is 9.79 Å². The van der Waals surface area contributed by atoms with Crippen molar-refractivity contribution in [1.82, 2.24) is 0 Å². The highest BCUT2D eigenvalue weighted by atomic mass is 35.5. The van der Waals surface area contributed by atoms with Crippen molar-refractivity contribution in [3.8, 4) is 0 Å². The number of aliphatic imine (C=N–C) groups is 1. The number of halogens is 2. The van der Waals surface area contributed by atoms with Crippen LogP contribution in [-0.4, -0.2) is 12.1 Å². The molecule has 0 spiro atoms. The highest BCUT2D eigenvalue weighted by Gasteiger charge is 2.02. The van der Waals surface area contributed by atoms with Crippen LogP contribution in [0.1, 0.15) is 15.9 Å². The van der Waals surface area contributed by atoms with Gasteiger partial charge in [0.05, 0.1) is 15.7 Å². The lowest BCUT2D eigenvalue weighted by molar-refractivity contribution is 0.100. The van der Waals surface area contributed by atoms with E-state index in [2.05, 4.69) is 4.99 Å². The van der Waals surface area contributed by atoms with Crippen LogP contribution in [0, 0.1) is 0 Å². The van der Waals surface area contributed by atoms with Crippen LogP contribution in [0.2, 0.25) is 10.0 Å². The maximum absolute atomic E-state index is 11.1. The number of benzene rings is 2. The second-order valence-corrected chi connectivity index (χ2v) is 4.60. The average molecular weight is 293 g/mol. The third-order valence-corrected chi connectivity index (χ3v) is 3.30. The fourth-order valence-electron chi connectivity index (χ4n) is 1.50. The molecule has 0 saturated carbocycles. The first-order chi connectivity index (χ1) is 9.08. The first-order valence-corrected chi connectivity index (χ1v) is 6.21. The summed E-state index contributed by atoms with van der Waals surface area (Å²) in [5.41, 5.74) is 6.94. The van der Waals surface area contributed by atoms with Crippen molar-refractivity contribution in [2.45, 2.75) is 0 Å². The molecule has 1 amide bonds. The van der Waals surface area contributed by atoms with Crippen LogP contribution < -0.4 is 5.73 Å². The van der Waals surface area contributed by atoms with Crippen LogP contribution in [0.5, 0.6) is 0 Å². The predicted molar refractivity (Wildman–Crippen MR) is 78.7 cm³/mol. The van der Waals surface area contributed by atoms with Crippen LogP contribution in [0.15, 0.2) is 47.5 Å². The van der Waals surface area contributed by atoms with E-state index in [0.29, 0.717) is 26.9 Å². The number of primary amides is 1. The maximum atomic E-state index is 11.1. The van der Waals surface area contributed by atoms with Crippen molar-refractivity contribution in [2.75, 3.05) is 0 Å². The molecule has 2 aromatic rings. The van der Waals surface area contributed by atoms with Crippen LogP contribution in [0.4, 0.5) is 5.69 Å². The van der Waals surface area contributed by atoms with E-state index in [0.717, 1.165) is 0 Å². The second kappa shape index (κ2) is 5.87. The zero-order valence-corrected chi connectivity index (χ0v) is 11.3. The van der Waals surface area contributed by atoms with Gasteiger partial charge in [0.15, 0.2) is 0 Å².